The van der Waals surface area contributed by atoms with Crippen molar-refractivity contribution in [2.24, 2.45) is 0 Å². The van der Waals surface area contributed by atoms with Crippen LogP contribution >= 0.6 is 11.6 Å². The van der Waals surface area contributed by atoms with Gasteiger partial charge in [0, 0.05) is 49.3 Å². The largest absolute Gasteiger partial charge is 0.337 e. The molecule has 2 aromatic carbocycles. The van der Waals surface area contributed by atoms with Gasteiger partial charge in [-0.2, -0.15) is 5.10 Å². The van der Waals surface area contributed by atoms with Gasteiger partial charge in [-0.05, 0) is 36.2 Å². The molecular weight excluding hydrogens is 414 g/mol. The van der Waals surface area contributed by atoms with Crippen LogP contribution in [0, 0.1) is 6.92 Å². The zero-order chi connectivity index (χ0) is 21.8. The number of hydrogen-bond acceptors (Lipinski definition) is 3. The van der Waals surface area contributed by atoms with Crippen LogP contribution in [0.1, 0.15) is 17.2 Å². The Labute approximate surface area is 186 Å². The summed E-state index contributed by atoms with van der Waals surface area (Å²) in [5.41, 5.74) is 2.49. The summed E-state index contributed by atoms with van der Waals surface area (Å²) < 4.78 is 1.68. The lowest BCUT2D eigenvalue weighted by Crippen LogP contribution is -2.53. The molecule has 3 aromatic rings. The molecule has 2 heterocycles. The average molecular weight is 438 g/mol. The molecule has 0 spiro atoms. The van der Waals surface area contributed by atoms with Crippen molar-refractivity contribution in [3.05, 3.63) is 83.1 Å². The molecule has 31 heavy (non-hydrogen) atoms. The highest BCUT2D eigenvalue weighted by Crippen LogP contribution is 2.22. The summed E-state index contributed by atoms with van der Waals surface area (Å²) in [6.45, 7) is 3.75. The molecule has 0 aliphatic carbocycles. The summed E-state index contributed by atoms with van der Waals surface area (Å²) in [5, 5.41) is 7.79. The number of nitrogens with zero attached hydrogens (tertiary/aromatic N) is 4. The molecule has 1 aliphatic heterocycles. The molecule has 0 saturated carbocycles. The molecule has 0 radical (unpaired) electrons. The van der Waals surface area contributed by atoms with Crippen LogP contribution in [0.15, 0.2) is 67.0 Å². The number of benzene rings is 2. The third kappa shape index (κ3) is 4.72. The molecule has 4 rings (SSSR count). The van der Waals surface area contributed by atoms with Gasteiger partial charge in [0.1, 0.15) is 0 Å². The number of nitrogens with one attached hydrogen (secondary N) is 1. The van der Waals surface area contributed by atoms with Crippen LogP contribution in [0.2, 0.25) is 5.02 Å². The highest BCUT2D eigenvalue weighted by molar-refractivity contribution is 6.31. The number of carbonyl (C=O) groups is 2. The van der Waals surface area contributed by atoms with Crippen LogP contribution in [0.4, 0.5) is 10.5 Å². The van der Waals surface area contributed by atoms with Crippen molar-refractivity contribution in [3.8, 4) is 0 Å². The average Bonchev–Trinajstić information content (AvgIpc) is 3.31. The lowest BCUT2D eigenvalue weighted by Gasteiger charge is -2.36. The molecular formula is C23H24ClN5O2. The predicted octanol–water partition coefficient (Wildman–Crippen LogP) is 3.81. The number of halogens is 1. The highest BCUT2D eigenvalue weighted by atomic mass is 35.5. The van der Waals surface area contributed by atoms with E-state index in [2.05, 4.69) is 10.4 Å². The molecule has 1 unspecified atom stereocenters. The predicted molar refractivity (Wildman–Crippen MR) is 120 cm³/mol. The van der Waals surface area contributed by atoms with E-state index in [-0.39, 0.29) is 11.9 Å². The summed E-state index contributed by atoms with van der Waals surface area (Å²) in [5.74, 6) is -0.0275. The molecule has 1 fully saturated rings. The number of hydrogen-bond donors (Lipinski definition) is 1. The van der Waals surface area contributed by atoms with Gasteiger partial charge in [-0.1, -0.05) is 48.0 Å². The Morgan fingerprint density at radius 2 is 1.71 bits per heavy atom. The summed E-state index contributed by atoms with van der Waals surface area (Å²) in [4.78, 5) is 29.5. The van der Waals surface area contributed by atoms with Crippen molar-refractivity contribution in [1.29, 1.82) is 0 Å². The van der Waals surface area contributed by atoms with Crippen LogP contribution in [0.3, 0.4) is 0 Å². The van der Waals surface area contributed by atoms with Gasteiger partial charge in [0.25, 0.3) is 5.91 Å². The molecule has 160 valence electrons. The molecule has 7 nitrogen and oxygen atoms in total. The van der Waals surface area contributed by atoms with E-state index in [1.54, 1.807) is 32.9 Å². The van der Waals surface area contributed by atoms with E-state index < -0.39 is 6.04 Å². The maximum atomic E-state index is 13.4. The van der Waals surface area contributed by atoms with Crippen molar-refractivity contribution in [1.82, 2.24) is 19.6 Å². The van der Waals surface area contributed by atoms with Crippen molar-refractivity contribution in [3.63, 3.8) is 0 Å². The molecule has 0 bridgehead atoms. The number of aromatic nitrogens is 2. The molecule has 1 saturated heterocycles. The fourth-order valence-electron chi connectivity index (χ4n) is 3.65. The quantitative estimate of drug-likeness (QED) is 0.674. The molecule has 1 aliphatic rings. The summed E-state index contributed by atoms with van der Waals surface area (Å²) in [6.07, 6.45) is 3.47. The first-order valence-electron chi connectivity index (χ1n) is 10.2. The molecule has 1 atom stereocenters. The minimum Gasteiger partial charge on any atom is -0.337 e. The van der Waals surface area contributed by atoms with E-state index in [0.717, 1.165) is 11.1 Å². The first-order chi connectivity index (χ1) is 15.0. The Bertz CT molecular complexity index is 1050. The number of urea groups is 1. The van der Waals surface area contributed by atoms with Crippen molar-refractivity contribution < 1.29 is 9.59 Å². The van der Waals surface area contributed by atoms with Crippen molar-refractivity contribution >= 4 is 29.2 Å². The van der Waals surface area contributed by atoms with Gasteiger partial charge in [-0.25, -0.2) is 4.79 Å². The van der Waals surface area contributed by atoms with Gasteiger partial charge in [0.15, 0.2) is 6.04 Å². The number of amides is 3. The van der Waals surface area contributed by atoms with Crippen LogP contribution in [0.25, 0.3) is 0 Å². The number of carbonyl (C=O) groups excluding carboxylic acids is 2. The Kier molecular flexibility index (Phi) is 6.23. The van der Waals surface area contributed by atoms with E-state index in [4.69, 9.17) is 11.6 Å². The van der Waals surface area contributed by atoms with Crippen LogP contribution in [-0.4, -0.2) is 57.7 Å². The maximum absolute atomic E-state index is 13.4. The fraction of sp³-hybridized carbons (Fsp3) is 0.261. The second-order valence-corrected chi connectivity index (χ2v) is 7.91. The first-order valence-corrected chi connectivity index (χ1v) is 10.6. The van der Waals surface area contributed by atoms with Crippen molar-refractivity contribution in [2.45, 2.75) is 13.0 Å². The van der Waals surface area contributed by atoms with Crippen LogP contribution in [0.5, 0.6) is 0 Å². The van der Waals surface area contributed by atoms with Crippen molar-refractivity contribution in [2.75, 3.05) is 31.5 Å². The van der Waals surface area contributed by atoms with Crippen LogP contribution in [-0.2, 0) is 4.79 Å². The summed E-state index contributed by atoms with van der Waals surface area (Å²) in [7, 11) is 0. The van der Waals surface area contributed by atoms with Gasteiger partial charge < -0.3 is 15.1 Å². The Hall–Kier alpha value is -3.32. The number of rotatable bonds is 4. The van der Waals surface area contributed by atoms with Gasteiger partial charge in [0.05, 0.1) is 0 Å². The van der Waals surface area contributed by atoms with E-state index in [9.17, 15) is 9.59 Å². The molecule has 1 N–H and O–H groups in total. The normalized spacial score (nSPS) is 14.9. The summed E-state index contributed by atoms with van der Waals surface area (Å²) in [6, 6.07) is 16.1. The SMILES string of the molecule is Cc1ccc(NC(=O)N2CCN(C(=O)C(c3ccccc3)n3cccn3)CC2)cc1Cl. The third-order valence-corrected chi connectivity index (χ3v) is 5.85. The Morgan fingerprint density at radius 3 is 2.35 bits per heavy atom. The van der Waals surface area contributed by atoms with E-state index in [1.807, 2.05) is 55.5 Å². The second kappa shape index (κ2) is 9.22. The first kappa shape index (κ1) is 20.9. The minimum atomic E-state index is -0.522. The molecule has 3 amide bonds. The maximum Gasteiger partial charge on any atom is 0.321 e. The van der Waals surface area contributed by atoms with Gasteiger partial charge in [0.2, 0.25) is 0 Å². The minimum absolute atomic E-state index is 0.0275. The smallest absolute Gasteiger partial charge is 0.321 e. The lowest BCUT2D eigenvalue weighted by atomic mass is 10.1. The summed E-state index contributed by atoms with van der Waals surface area (Å²) >= 11 is 6.14. The fourth-order valence-corrected chi connectivity index (χ4v) is 3.83. The number of piperazine rings is 1. The molecule has 8 heteroatoms. The van der Waals surface area contributed by atoms with Gasteiger partial charge in [-0.15, -0.1) is 0 Å². The zero-order valence-corrected chi connectivity index (χ0v) is 18.0. The Balaban J connectivity index is 1.40. The number of anilines is 1. The van der Waals surface area contributed by atoms with E-state index in [1.165, 1.54) is 0 Å². The van der Waals surface area contributed by atoms with Crippen LogP contribution < -0.4 is 5.32 Å². The second-order valence-electron chi connectivity index (χ2n) is 7.51. The third-order valence-electron chi connectivity index (χ3n) is 5.44. The van der Waals surface area contributed by atoms with E-state index in [0.29, 0.717) is 36.9 Å². The van der Waals surface area contributed by atoms with Gasteiger partial charge >= 0.3 is 6.03 Å². The lowest BCUT2D eigenvalue weighted by molar-refractivity contribution is -0.135. The Morgan fingerprint density at radius 1 is 1.00 bits per heavy atom. The zero-order valence-electron chi connectivity index (χ0n) is 17.2. The monoisotopic (exact) mass is 437 g/mol. The van der Waals surface area contributed by atoms with Gasteiger partial charge in [-0.3, -0.25) is 9.48 Å². The van der Waals surface area contributed by atoms with E-state index >= 15 is 0 Å². The molecule has 1 aromatic heterocycles. The highest BCUT2D eigenvalue weighted by Gasteiger charge is 2.31. The topological polar surface area (TPSA) is 70.5 Å². The standard InChI is InChI=1S/C23H24ClN5O2/c1-17-8-9-19(16-20(17)24)26-23(31)28-14-12-27(13-15-28)22(30)21(29-11-5-10-25-29)18-6-3-2-4-7-18/h2-11,16,21H,12-15H2,1H3,(H,26,31). The number of aryl methyl sites for hydroxylation is 1.